The summed E-state index contributed by atoms with van der Waals surface area (Å²) in [5.74, 6) is 0.296. The molecule has 0 radical (unpaired) electrons. The predicted octanol–water partition coefficient (Wildman–Crippen LogP) is 3.59. The number of hydrogen-bond acceptors (Lipinski definition) is 4. The molecule has 0 bridgehead atoms. The van der Waals surface area contributed by atoms with Crippen LogP contribution in [0, 0.1) is 6.92 Å². The Bertz CT molecular complexity index is 744. The van der Waals surface area contributed by atoms with Crippen molar-refractivity contribution >= 4 is 11.9 Å². The van der Waals surface area contributed by atoms with Crippen molar-refractivity contribution in [2.75, 3.05) is 31.1 Å². The highest BCUT2D eigenvalue weighted by Crippen LogP contribution is 2.22. The summed E-state index contributed by atoms with van der Waals surface area (Å²) < 4.78 is 0. The fourth-order valence-corrected chi connectivity index (χ4v) is 3.00. The monoisotopic (exact) mass is 335 g/mol. The number of benzene rings is 2. The van der Waals surface area contributed by atoms with E-state index in [1.54, 1.807) is 12.3 Å². The SMILES string of the molecule is C=CCc1cccc(/C=N/N2CCN(c3ccc(C)cc3)CC2)c1O. The summed E-state index contributed by atoms with van der Waals surface area (Å²) >= 11 is 0. The second-order valence-electron chi connectivity index (χ2n) is 6.37. The highest BCUT2D eigenvalue weighted by Gasteiger charge is 2.15. The molecule has 0 aromatic heterocycles. The molecular weight excluding hydrogens is 310 g/mol. The molecule has 4 heteroatoms. The highest BCUT2D eigenvalue weighted by molar-refractivity contribution is 5.83. The molecule has 1 fully saturated rings. The molecule has 4 nitrogen and oxygen atoms in total. The molecule has 1 aliphatic rings. The number of aromatic hydroxyl groups is 1. The molecule has 0 spiro atoms. The van der Waals surface area contributed by atoms with Crippen LogP contribution in [-0.4, -0.2) is 42.5 Å². The van der Waals surface area contributed by atoms with Gasteiger partial charge in [-0.2, -0.15) is 5.10 Å². The Morgan fingerprint density at radius 3 is 2.48 bits per heavy atom. The minimum atomic E-state index is 0.296. The number of phenols is 1. The highest BCUT2D eigenvalue weighted by atomic mass is 16.3. The van der Waals surface area contributed by atoms with Gasteiger partial charge in [0, 0.05) is 24.3 Å². The van der Waals surface area contributed by atoms with Gasteiger partial charge in [-0.05, 0) is 37.1 Å². The molecular formula is C21H25N3O. The minimum absolute atomic E-state index is 0.296. The first-order chi connectivity index (χ1) is 12.2. The van der Waals surface area contributed by atoms with Crippen molar-refractivity contribution in [3.05, 3.63) is 71.8 Å². The molecule has 2 aromatic carbocycles. The number of para-hydroxylation sites is 1. The Kier molecular flexibility index (Phi) is 5.39. The lowest BCUT2D eigenvalue weighted by molar-refractivity contribution is 0.272. The van der Waals surface area contributed by atoms with E-state index in [4.69, 9.17) is 0 Å². The van der Waals surface area contributed by atoms with Crippen LogP contribution in [0.1, 0.15) is 16.7 Å². The van der Waals surface area contributed by atoms with Gasteiger partial charge in [0.1, 0.15) is 5.75 Å². The van der Waals surface area contributed by atoms with Gasteiger partial charge in [-0.15, -0.1) is 6.58 Å². The Morgan fingerprint density at radius 2 is 1.80 bits per heavy atom. The van der Waals surface area contributed by atoms with Crippen molar-refractivity contribution in [3.63, 3.8) is 0 Å². The standard InChI is InChI=1S/C21H25N3O/c1-3-5-18-6-4-7-19(21(18)25)16-22-24-14-12-23(13-15-24)20-10-8-17(2)9-11-20/h3-4,6-11,16,25H,1,5,12-15H2,2H3/b22-16+. The number of phenolic OH excluding ortho intramolecular Hbond substituents is 1. The third-order valence-electron chi connectivity index (χ3n) is 4.53. The van der Waals surface area contributed by atoms with Gasteiger partial charge in [0.25, 0.3) is 0 Å². The minimum Gasteiger partial charge on any atom is -0.507 e. The lowest BCUT2D eigenvalue weighted by Gasteiger charge is -2.34. The summed E-state index contributed by atoms with van der Waals surface area (Å²) in [6.07, 6.45) is 4.20. The largest absolute Gasteiger partial charge is 0.507 e. The van der Waals surface area contributed by atoms with Gasteiger partial charge in [-0.1, -0.05) is 35.9 Å². The zero-order valence-corrected chi connectivity index (χ0v) is 14.7. The number of hydrogen-bond donors (Lipinski definition) is 1. The first-order valence-corrected chi connectivity index (χ1v) is 8.69. The molecule has 0 amide bonds. The molecule has 0 atom stereocenters. The molecule has 130 valence electrons. The Labute approximate surface area is 149 Å². The topological polar surface area (TPSA) is 39.1 Å². The number of rotatable bonds is 5. The maximum Gasteiger partial charge on any atom is 0.127 e. The number of piperazine rings is 1. The normalized spacial score (nSPS) is 14.9. The summed E-state index contributed by atoms with van der Waals surface area (Å²) in [6, 6.07) is 14.4. The van der Waals surface area contributed by atoms with E-state index in [-0.39, 0.29) is 0 Å². The first kappa shape index (κ1) is 17.1. The molecule has 1 heterocycles. The third-order valence-corrected chi connectivity index (χ3v) is 4.53. The molecule has 0 aliphatic carbocycles. The van der Waals surface area contributed by atoms with E-state index in [0.29, 0.717) is 12.2 Å². The van der Waals surface area contributed by atoms with Crippen molar-refractivity contribution in [3.8, 4) is 5.75 Å². The van der Waals surface area contributed by atoms with E-state index in [1.165, 1.54) is 11.3 Å². The van der Waals surface area contributed by atoms with E-state index in [1.807, 2.05) is 18.2 Å². The van der Waals surface area contributed by atoms with Crippen LogP contribution < -0.4 is 4.90 Å². The molecule has 25 heavy (non-hydrogen) atoms. The molecule has 3 rings (SSSR count). The smallest absolute Gasteiger partial charge is 0.127 e. The number of aryl methyl sites for hydroxylation is 1. The van der Waals surface area contributed by atoms with Gasteiger partial charge < -0.3 is 10.0 Å². The van der Waals surface area contributed by atoms with E-state index in [2.05, 4.69) is 52.8 Å². The summed E-state index contributed by atoms with van der Waals surface area (Å²) in [4.78, 5) is 2.38. The number of allylic oxidation sites excluding steroid dienone is 1. The summed E-state index contributed by atoms with van der Waals surface area (Å²) in [5, 5.41) is 16.9. The molecule has 0 saturated carbocycles. The predicted molar refractivity (Wildman–Crippen MR) is 105 cm³/mol. The van der Waals surface area contributed by atoms with E-state index >= 15 is 0 Å². The fraction of sp³-hybridized carbons (Fsp3) is 0.286. The van der Waals surface area contributed by atoms with Crippen LogP contribution in [0.4, 0.5) is 5.69 Å². The van der Waals surface area contributed by atoms with E-state index in [9.17, 15) is 5.11 Å². The van der Waals surface area contributed by atoms with E-state index in [0.717, 1.165) is 37.3 Å². The van der Waals surface area contributed by atoms with Crippen molar-refractivity contribution < 1.29 is 5.11 Å². The average molecular weight is 335 g/mol. The van der Waals surface area contributed by atoms with Crippen LogP contribution in [0.3, 0.4) is 0 Å². The second-order valence-corrected chi connectivity index (χ2v) is 6.37. The lowest BCUT2D eigenvalue weighted by atomic mass is 10.1. The van der Waals surface area contributed by atoms with Crippen molar-refractivity contribution in [2.45, 2.75) is 13.3 Å². The average Bonchev–Trinajstić information content (AvgIpc) is 2.64. The van der Waals surface area contributed by atoms with Gasteiger partial charge >= 0.3 is 0 Å². The van der Waals surface area contributed by atoms with Gasteiger partial charge in [0.05, 0.1) is 19.3 Å². The molecule has 2 aromatic rings. The Hall–Kier alpha value is -2.75. The Morgan fingerprint density at radius 1 is 1.08 bits per heavy atom. The molecule has 1 aliphatic heterocycles. The lowest BCUT2D eigenvalue weighted by Crippen LogP contribution is -2.44. The first-order valence-electron chi connectivity index (χ1n) is 8.69. The van der Waals surface area contributed by atoms with Crippen LogP contribution in [0.5, 0.6) is 5.75 Å². The number of nitrogens with zero attached hydrogens (tertiary/aromatic N) is 3. The zero-order valence-electron chi connectivity index (χ0n) is 14.7. The third kappa shape index (κ3) is 4.21. The maximum absolute atomic E-state index is 10.3. The fourth-order valence-electron chi connectivity index (χ4n) is 3.00. The number of anilines is 1. The van der Waals surface area contributed by atoms with E-state index < -0.39 is 0 Å². The molecule has 0 unspecified atom stereocenters. The van der Waals surface area contributed by atoms with Crippen LogP contribution in [0.15, 0.2) is 60.2 Å². The summed E-state index contributed by atoms with van der Waals surface area (Å²) in [6.45, 7) is 9.47. The number of hydrazone groups is 1. The van der Waals surface area contributed by atoms with Gasteiger partial charge in [-0.3, -0.25) is 5.01 Å². The van der Waals surface area contributed by atoms with Crippen molar-refractivity contribution in [2.24, 2.45) is 5.10 Å². The maximum atomic E-state index is 10.3. The molecule has 1 saturated heterocycles. The molecule has 1 N–H and O–H groups in total. The van der Waals surface area contributed by atoms with Crippen molar-refractivity contribution in [1.29, 1.82) is 0 Å². The Balaban J connectivity index is 1.60. The van der Waals surface area contributed by atoms with Gasteiger partial charge in [0.2, 0.25) is 0 Å². The summed E-state index contributed by atoms with van der Waals surface area (Å²) in [5.41, 5.74) is 4.18. The van der Waals surface area contributed by atoms with Crippen LogP contribution in [-0.2, 0) is 6.42 Å². The quantitative estimate of drug-likeness (QED) is 0.670. The van der Waals surface area contributed by atoms with Crippen LogP contribution >= 0.6 is 0 Å². The second kappa shape index (κ2) is 7.88. The van der Waals surface area contributed by atoms with Crippen LogP contribution in [0.25, 0.3) is 0 Å². The van der Waals surface area contributed by atoms with Crippen molar-refractivity contribution in [1.82, 2.24) is 5.01 Å². The van der Waals surface area contributed by atoms with Gasteiger partial charge in [0.15, 0.2) is 0 Å². The van der Waals surface area contributed by atoms with Gasteiger partial charge in [-0.25, -0.2) is 0 Å². The van der Waals surface area contributed by atoms with Crippen LogP contribution in [0.2, 0.25) is 0 Å². The zero-order chi connectivity index (χ0) is 17.6. The summed E-state index contributed by atoms with van der Waals surface area (Å²) in [7, 11) is 0.